The van der Waals surface area contributed by atoms with Crippen molar-refractivity contribution < 1.29 is 0 Å². The standard InChI is InChI=1S/C9H16S2/c1-6(2)8-5-10-9(11-8)7(3)4/h5-7,11H,1-4H3. The van der Waals surface area contributed by atoms with Gasteiger partial charge in [0, 0.05) is 4.20 Å². The van der Waals surface area contributed by atoms with Gasteiger partial charge in [0.05, 0.1) is 0 Å². The summed E-state index contributed by atoms with van der Waals surface area (Å²) in [6.07, 6.45) is 0. The van der Waals surface area contributed by atoms with Gasteiger partial charge in [-0.1, -0.05) is 39.5 Å². The Bertz CT molecular complexity index is 200. The van der Waals surface area contributed by atoms with Crippen molar-refractivity contribution >= 4 is 27.3 Å². The quantitative estimate of drug-likeness (QED) is 0.511. The molecule has 0 unspecified atom stereocenters. The molecule has 0 fully saturated rings. The first-order valence-electron chi connectivity index (χ1n) is 4.06. The van der Waals surface area contributed by atoms with Crippen LogP contribution in [0.2, 0.25) is 0 Å². The lowest BCUT2D eigenvalue weighted by molar-refractivity contribution is 0.820. The zero-order valence-corrected chi connectivity index (χ0v) is 9.30. The summed E-state index contributed by atoms with van der Waals surface area (Å²) in [7, 11) is 0. The van der Waals surface area contributed by atoms with Crippen LogP contribution in [0.25, 0.3) is 0 Å². The van der Waals surface area contributed by atoms with Crippen molar-refractivity contribution in [3.05, 3.63) is 10.3 Å². The van der Waals surface area contributed by atoms with E-state index in [0.29, 0.717) is 0 Å². The van der Waals surface area contributed by atoms with Crippen LogP contribution in [0.15, 0.2) is 10.3 Å². The number of allylic oxidation sites excluding steroid dienone is 1. The highest BCUT2D eigenvalue weighted by Crippen LogP contribution is 2.34. The number of rotatable bonds is 2. The third kappa shape index (κ3) is 2.38. The number of thioether (sulfide) groups is 1. The van der Waals surface area contributed by atoms with Gasteiger partial charge in [-0.2, -0.15) is 11.4 Å². The van der Waals surface area contributed by atoms with E-state index in [4.69, 9.17) is 0 Å². The molecule has 0 aromatic rings. The van der Waals surface area contributed by atoms with Crippen LogP contribution in [0.5, 0.6) is 0 Å². The first kappa shape index (κ1) is 9.40. The fraction of sp³-hybridized carbons (Fsp3) is 0.667. The third-order valence-corrected chi connectivity index (χ3v) is 5.12. The zero-order chi connectivity index (χ0) is 8.43. The van der Waals surface area contributed by atoms with Crippen molar-refractivity contribution in [2.75, 3.05) is 0 Å². The second-order valence-electron chi connectivity index (χ2n) is 3.42. The molecule has 1 aliphatic heterocycles. The van der Waals surface area contributed by atoms with Crippen LogP contribution in [0.3, 0.4) is 0 Å². The van der Waals surface area contributed by atoms with Crippen molar-refractivity contribution in [2.24, 2.45) is 11.8 Å². The van der Waals surface area contributed by atoms with Gasteiger partial charge < -0.3 is 0 Å². The van der Waals surface area contributed by atoms with E-state index in [1.54, 1.807) is 9.10 Å². The maximum atomic E-state index is 2.32. The molecule has 0 spiro atoms. The minimum Gasteiger partial charge on any atom is -0.162 e. The summed E-state index contributed by atoms with van der Waals surface area (Å²) in [4.78, 5) is 1.58. The van der Waals surface area contributed by atoms with Gasteiger partial charge in [-0.3, -0.25) is 0 Å². The van der Waals surface area contributed by atoms with Gasteiger partial charge in [0.25, 0.3) is 0 Å². The first-order chi connectivity index (χ1) is 5.11. The molecule has 0 saturated carbocycles. The van der Waals surface area contributed by atoms with Crippen LogP contribution in [-0.4, -0.2) is 4.20 Å². The molecular weight excluding hydrogens is 172 g/mol. The van der Waals surface area contributed by atoms with Crippen molar-refractivity contribution in [2.45, 2.75) is 27.7 Å². The Morgan fingerprint density at radius 2 is 1.82 bits per heavy atom. The lowest BCUT2D eigenvalue weighted by Crippen LogP contribution is -1.96. The summed E-state index contributed by atoms with van der Waals surface area (Å²) in [6, 6.07) is 0. The van der Waals surface area contributed by atoms with Gasteiger partial charge in [0.2, 0.25) is 0 Å². The Morgan fingerprint density at radius 3 is 2.09 bits per heavy atom. The molecule has 0 atom stereocenters. The molecule has 1 aliphatic rings. The molecule has 0 saturated heterocycles. The monoisotopic (exact) mass is 188 g/mol. The molecule has 0 aromatic carbocycles. The van der Waals surface area contributed by atoms with Crippen LogP contribution in [0.1, 0.15) is 27.7 Å². The van der Waals surface area contributed by atoms with E-state index in [-0.39, 0.29) is 0 Å². The maximum Gasteiger partial charge on any atom is 0.0164 e. The van der Waals surface area contributed by atoms with Crippen molar-refractivity contribution in [1.82, 2.24) is 0 Å². The Balaban J connectivity index is 2.63. The van der Waals surface area contributed by atoms with Gasteiger partial charge in [-0.15, -0.1) is 0 Å². The topological polar surface area (TPSA) is 0 Å². The number of thiol groups is 1. The molecule has 0 nitrogen and oxygen atoms in total. The molecular formula is C9H16S2. The highest BCUT2D eigenvalue weighted by Gasteiger charge is 2.12. The van der Waals surface area contributed by atoms with Crippen LogP contribution in [-0.2, 0) is 0 Å². The molecule has 0 bridgehead atoms. The largest absolute Gasteiger partial charge is 0.162 e. The minimum absolute atomic E-state index is 0.723. The van der Waals surface area contributed by atoms with Gasteiger partial charge in [-0.25, -0.2) is 0 Å². The summed E-state index contributed by atoms with van der Waals surface area (Å²) < 4.78 is 1.61. The molecule has 2 heteroatoms. The average molecular weight is 188 g/mol. The molecule has 0 aliphatic carbocycles. The summed E-state index contributed by atoms with van der Waals surface area (Å²) in [5.41, 5.74) is 0. The summed E-state index contributed by atoms with van der Waals surface area (Å²) in [5, 5.41) is 2.32. The highest BCUT2D eigenvalue weighted by molar-refractivity contribution is 8.32. The van der Waals surface area contributed by atoms with E-state index in [1.807, 2.05) is 11.8 Å². The van der Waals surface area contributed by atoms with Crippen LogP contribution >= 0.6 is 23.1 Å². The Labute approximate surface area is 77.4 Å². The fourth-order valence-corrected chi connectivity index (χ4v) is 3.44. The Morgan fingerprint density at radius 1 is 1.18 bits per heavy atom. The van der Waals surface area contributed by atoms with E-state index in [1.165, 1.54) is 11.4 Å². The summed E-state index contributed by atoms with van der Waals surface area (Å²) >= 11 is 3.41. The number of hydrogen-bond donors (Lipinski definition) is 1. The highest BCUT2D eigenvalue weighted by atomic mass is 32.2. The lowest BCUT2D eigenvalue weighted by atomic mass is 10.2. The van der Waals surface area contributed by atoms with Crippen LogP contribution < -0.4 is 0 Å². The molecule has 0 amide bonds. The van der Waals surface area contributed by atoms with Gasteiger partial charge in [-0.05, 0) is 22.1 Å². The predicted octanol–water partition coefficient (Wildman–Crippen LogP) is 3.48. The second kappa shape index (κ2) is 3.81. The minimum atomic E-state index is 0.723. The fourth-order valence-electron chi connectivity index (χ4n) is 0.831. The Kier molecular flexibility index (Phi) is 3.26. The molecule has 0 radical (unpaired) electrons. The maximum absolute atomic E-state index is 2.32. The normalized spacial score (nSPS) is 18.4. The Hall–Kier alpha value is 0.310. The second-order valence-corrected chi connectivity index (χ2v) is 5.86. The SMILES string of the molecule is CC(C)C1=CSC(C(C)C)=[SH]1. The van der Waals surface area contributed by atoms with Crippen LogP contribution in [0.4, 0.5) is 0 Å². The van der Waals surface area contributed by atoms with Crippen LogP contribution in [0, 0.1) is 11.8 Å². The average Bonchev–Trinajstić information content (AvgIpc) is 2.33. The molecule has 0 N–H and O–H groups in total. The summed E-state index contributed by atoms with van der Waals surface area (Å²) in [6.45, 7) is 9.07. The van der Waals surface area contributed by atoms with Gasteiger partial charge >= 0.3 is 0 Å². The molecule has 11 heavy (non-hydrogen) atoms. The lowest BCUT2D eigenvalue weighted by Gasteiger charge is -2.04. The third-order valence-electron chi connectivity index (χ3n) is 1.63. The number of hydrogen-bond acceptors (Lipinski definition) is 1. The molecule has 0 aromatic heterocycles. The molecule has 1 rings (SSSR count). The van der Waals surface area contributed by atoms with E-state index in [9.17, 15) is 0 Å². The molecule has 64 valence electrons. The van der Waals surface area contributed by atoms with E-state index >= 15 is 0 Å². The summed E-state index contributed by atoms with van der Waals surface area (Å²) in [5.74, 6) is 1.45. The van der Waals surface area contributed by atoms with E-state index in [0.717, 1.165) is 11.8 Å². The zero-order valence-electron chi connectivity index (χ0n) is 7.59. The van der Waals surface area contributed by atoms with Crippen molar-refractivity contribution in [3.63, 3.8) is 0 Å². The molecule has 1 heterocycles. The first-order valence-corrected chi connectivity index (χ1v) is 5.84. The van der Waals surface area contributed by atoms with Crippen molar-refractivity contribution in [1.29, 1.82) is 0 Å². The van der Waals surface area contributed by atoms with E-state index in [2.05, 4.69) is 33.1 Å². The van der Waals surface area contributed by atoms with Gasteiger partial charge in [0.1, 0.15) is 0 Å². The van der Waals surface area contributed by atoms with Gasteiger partial charge in [0.15, 0.2) is 0 Å². The smallest absolute Gasteiger partial charge is 0.0164 e. The predicted molar refractivity (Wildman–Crippen MR) is 59.3 cm³/mol. The van der Waals surface area contributed by atoms with Crippen molar-refractivity contribution in [3.8, 4) is 0 Å². The van der Waals surface area contributed by atoms with E-state index < -0.39 is 0 Å².